The van der Waals surface area contributed by atoms with E-state index >= 15 is 0 Å². The summed E-state index contributed by atoms with van der Waals surface area (Å²) in [6.45, 7) is 4.56. The van der Waals surface area contributed by atoms with Gasteiger partial charge in [-0.2, -0.15) is 0 Å². The van der Waals surface area contributed by atoms with E-state index in [0.29, 0.717) is 12.4 Å². The topological polar surface area (TPSA) is 67.2 Å². The van der Waals surface area contributed by atoms with Crippen molar-refractivity contribution in [2.75, 3.05) is 14.1 Å². The van der Waals surface area contributed by atoms with Gasteiger partial charge in [0.15, 0.2) is 0 Å². The molecule has 0 bridgehead atoms. The number of carbonyl (C=O) groups is 1. The minimum Gasteiger partial charge on any atom is -0.352 e. The molecule has 0 radical (unpaired) electrons. The second-order valence-electron chi connectivity index (χ2n) is 7.42. The van der Waals surface area contributed by atoms with Crippen LogP contribution in [0, 0.1) is 0 Å². The fraction of sp³-hybridized carbons (Fsp3) is 0.632. The molecular weight excluding hydrogens is 348 g/mol. The average Bonchev–Trinajstić information content (AvgIpc) is 2.95. The van der Waals surface area contributed by atoms with Gasteiger partial charge in [0.25, 0.3) is 5.56 Å². The van der Waals surface area contributed by atoms with Crippen molar-refractivity contribution in [1.82, 2.24) is 19.8 Å². The van der Waals surface area contributed by atoms with Crippen molar-refractivity contribution >= 4 is 27.5 Å². The monoisotopic (exact) mass is 376 g/mol. The Hall–Kier alpha value is -1.73. The highest BCUT2D eigenvalue weighted by atomic mass is 32.1. The lowest BCUT2D eigenvalue weighted by Gasteiger charge is -2.17. The van der Waals surface area contributed by atoms with Gasteiger partial charge in [0, 0.05) is 10.9 Å². The minimum absolute atomic E-state index is 0.0277. The molecule has 1 amide bonds. The smallest absolute Gasteiger partial charge is 0.263 e. The van der Waals surface area contributed by atoms with Crippen LogP contribution >= 0.6 is 11.3 Å². The van der Waals surface area contributed by atoms with Gasteiger partial charge in [-0.1, -0.05) is 6.92 Å². The van der Waals surface area contributed by atoms with Gasteiger partial charge >= 0.3 is 0 Å². The van der Waals surface area contributed by atoms with E-state index in [2.05, 4.69) is 5.32 Å². The van der Waals surface area contributed by atoms with Gasteiger partial charge in [-0.25, -0.2) is 4.98 Å². The lowest BCUT2D eigenvalue weighted by atomic mass is 9.97. The normalized spacial score (nSPS) is 15.3. The van der Waals surface area contributed by atoms with Crippen molar-refractivity contribution in [2.24, 2.45) is 0 Å². The van der Waals surface area contributed by atoms with Gasteiger partial charge < -0.3 is 10.2 Å². The van der Waals surface area contributed by atoms with Crippen LogP contribution in [0.4, 0.5) is 0 Å². The Labute approximate surface area is 158 Å². The molecule has 0 aromatic carbocycles. The second-order valence-corrected chi connectivity index (χ2v) is 8.51. The predicted octanol–water partition coefficient (Wildman–Crippen LogP) is 2.31. The SMILES string of the molecule is CCC(C)NC(=O)Cn1c(CN(C)C)nc2sc3c(c2c1=O)CCCC3. The number of carbonyl (C=O) groups excluding carboxylic acids is 1. The van der Waals surface area contributed by atoms with Crippen molar-refractivity contribution in [1.29, 1.82) is 0 Å². The first-order chi connectivity index (χ1) is 12.4. The molecule has 142 valence electrons. The summed E-state index contributed by atoms with van der Waals surface area (Å²) in [5.41, 5.74) is 1.10. The number of hydrogen-bond acceptors (Lipinski definition) is 5. The number of aryl methyl sites for hydroxylation is 2. The fourth-order valence-electron chi connectivity index (χ4n) is 3.41. The average molecular weight is 377 g/mol. The van der Waals surface area contributed by atoms with E-state index in [1.165, 1.54) is 16.9 Å². The van der Waals surface area contributed by atoms with Crippen molar-refractivity contribution < 1.29 is 4.79 Å². The van der Waals surface area contributed by atoms with Crippen molar-refractivity contribution in [3.8, 4) is 0 Å². The lowest BCUT2D eigenvalue weighted by molar-refractivity contribution is -0.122. The number of rotatable bonds is 6. The third-order valence-corrected chi connectivity index (χ3v) is 6.12. The summed E-state index contributed by atoms with van der Waals surface area (Å²) in [7, 11) is 3.89. The quantitative estimate of drug-likeness (QED) is 0.840. The highest BCUT2D eigenvalue weighted by Crippen LogP contribution is 2.33. The molecule has 2 aromatic heterocycles. The zero-order chi connectivity index (χ0) is 18.8. The van der Waals surface area contributed by atoms with Gasteiger partial charge in [0.1, 0.15) is 17.2 Å². The molecule has 7 heteroatoms. The van der Waals surface area contributed by atoms with Crippen LogP contribution in [-0.2, 0) is 30.7 Å². The molecule has 6 nitrogen and oxygen atoms in total. The summed E-state index contributed by atoms with van der Waals surface area (Å²) in [6, 6.07) is 0.0982. The van der Waals surface area contributed by atoms with E-state index in [-0.39, 0.29) is 24.1 Å². The molecule has 0 spiro atoms. The number of fused-ring (bicyclic) bond motifs is 3. The maximum absolute atomic E-state index is 13.3. The van der Waals surface area contributed by atoms with Gasteiger partial charge in [-0.05, 0) is 58.7 Å². The van der Waals surface area contributed by atoms with Crippen LogP contribution in [0.3, 0.4) is 0 Å². The molecule has 1 N–H and O–H groups in total. The highest BCUT2D eigenvalue weighted by molar-refractivity contribution is 7.18. The molecule has 1 aliphatic carbocycles. The molecule has 0 saturated carbocycles. The van der Waals surface area contributed by atoms with Crippen LogP contribution in [-0.4, -0.2) is 40.5 Å². The molecule has 3 rings (SSSR count). The van der Waals surface area contributed by atoms with Gasteiger partial charge in [-0.15, -0.1) is 11.3 Å². The fourth-order valence-corrected chi connectivity index (χ4v) is 4.68. The van der Waals surface area contributed by atoms with Crippen LogP contribution < -0.4 is 10.9 Å². The second kappa shape index (κ2) is 7.88. The van der Waals surface area contributed by atoms with Gasteiger partial charge in [0.2, 0.25) is 5.91 Å². The number of nitrogens with zero attached hydrogens (tertiary/aromatic N) is 3. The highest BCUT2D eigenvalue weighted by Gasteiger charge is 2.23. The third-order valence-electron chi connectivity index (χ3n) is 4.93. The molecule has 26 heavy (non-hydrogen) atoms. The standard InChI is InChI=1S/C19H28N4O2S/c1-5-12(2)20-16(24)11-23-15(10-22(3)4)21-18-17(19(23)25)13-8-6-7-9-14(13)26-18/h12H,5-11H2,1-4H3,(H,20,24). The van der Waals surface area contributed by atoms with E-state index < -0.39 is 0 Å². The summed E-state index contributed by atoms with van der Waals surface area (Å²) >= 11 is 1.65. The van der Waals surface area contributed by atoms with Crippen LogP contribution in [0.5, 0.6) is 0 Å². The van der Waals surface area contributed by atoms with E-state index in [1.807, 2.05) is 32.8 Å². The first-order valence-corrected chi connectivity index (χ1v) is 10.2. The number of amides is 1. The Morgan fingerprint density at radius 3 is 2.77 bits per heavy atom. The van der Waals surface area contributed by atoms with Gasteiger partial charge in [0.05, 0.1) is 11.9 Å². The molecule has 0 saturated heterocycles. The Morgan fingerprint density at radius 1 is 1.35 bits per heavy atom. The summed E-state index contributed by atoms with van der Waals surface area (Å²) in [6.07, 6.45) is 5.13. The molecule has 1 unspecified atom stereocenters. The maximum Gasteiger partial charge on any atom is 0.263 e. The van der Waals surface area contributed by atoms with E-state index in [9.17, 15) is 9.59 Å². The van der Waals surface area contributed by atoms with Crippen molar-refractivity contribution in [3.63, 3.8) is 0 Å². The van der Waals surface area contributed by atoms with Crippen LogP contribution in [0.2, 0.25) is 0 Å². The van der Waals surface area contributed by atoms with Crippen LogP contribution in [0.25, 0.3) is 10.2 Å². The first-order valence-electron chi connectivity index (χ1n) is 9.38. The Balaban J connectivity index is 2.07. The molecule has 1 aliphatic rings. The van der Waals surface area contributed by atoms with Crippen LogP contribution in [0.15, 0.2) is 4.79 Å². The molecule has 0 aliphatic heterocycles. The Morgan fingerprint density at radius 2 is 2.08 bits per heavy atom. The zero-order valence-electron chi connectivity index (χ0n) is 16.1. The summed E-state index contributed by atoms with van der Waals surface area (Å²) in [5.74, 6) is 0.525. The molecule has 2 aromatic rings. The van der Waals surface area contributed by atoms with Crippen molar-refractivity contribution in [3.05, 3.63) is 26.6 Å². The Bertz CT molecular complexity index is 869. The summed E-state index contributed by atoms with van der Waals surface area (Å²) in [4.78, 5) is 34.6. The zero-order valence-corrected chi connectivity index (χ0v) is 16.9. The molecule has 2 heterocycles. The van der Waals surface area contributed by atoms with E-state index in [4.69, 9.17) is 4.98 Å². The van der Waals surface area contributed by atoms with E-state index in [0.717, 1.165) is 35.9 Å². The molecular formula is C19H28N4O2S. The van der Waals surface area contributed by atoms with Crippen molar-refractivity contribution in [2.45, 2.75) is 65.1 Å². The summed E-state index contributed by atoms with van der Waals surface area (Å²) in [5, 5.41) is 3.69. The number of hydrogen-bond donors (Lipinski definition) is 1. The van der Waals surface area contributed by atoms with Crippen LogP contribution in [0.1, 0.15) is 49.4 Å². The number of aromatic nitrogens is 2. The lowest BCUT2D eigenvalue weighted by Crippen LogP contribution is -2.39. The number of nitrogens with one attached hydrogen (secondary N) is 1. The maximum atomic E-state index is 13.3. The third kappa shape index (κ3) is 3.83. The molecule has 1 atom stereocenters. The first kappa shape index (κ1) is 19.0. The minimum atomic E-state index is -0.133. The molecule has 0 fully saturated rings. The Kier molecular flexibility index (Phi) is 5.77. The largest absolute Gasteiger partial charge is 0.352 e. The van der Waals surface area contributed by atoms with Gasteiger partial charge in [-0.3, -0.25) is 14.2 Å². The summed E-state index contributed by atoms with van der Waals surface area (Å²) < 4.78 is 1.57. The van der Waals surface area contributed by atoms with E-state index in [1.54, 1.807) is 15.9 Å². The number of thiophene rings is 1. The predicted molar refractivity (Wildman–Crippen MR) is 106 cm³/mol.